The van der Waals surface area contributed by atoms with Gasteiger partial charge in [-0.3, -0.25) is 4.55 Å². The van der Waals surface area contributed by atoms with Crippen molar-refractivity contribution in [3.63, 3.8) is 0 Å². The summed E-state index contributed by atoms with van der Waals surface area (Å²) in [5, 5.41) is 0. The maximum absolute atomic E-state index is 10.7. The molecule has 26 heavy (non-hydrogen) atoms. The zero-order valence-corrected chi connectivity index (χ0v) is 14.7. The predicted molar refractivity (Wildman–Crippen MR) is 98.6 cm³/mol. The third kappa shape index (κ3) is 5.61. The first-order valence-corrected chi connectivity index (χ1v) is 9.36. The quantitative estimate of drug-likeness (QED) is 0.636. The molecule has 0 spiro atoms. The molecule has 0 bridgehead atoms. The molecule has 0 aromatic heterocycles. The van der Waals surface area contributed by atoms with Gasteiger partial charge in [0.05, 0.1) is 0 Å². The van der Waals surface area contributed by atoms with Crippen molar-refractivity contribution in [3.05, 3.63) is 95.6 Å². The van der Waals surface area contributed by atoms with Gasteiger partial charge < -0.3 is 8.92 Å². The van der Waals surface area contributed by atoms with E-state index in [4.69, 9.17) is 9.29 Å². The van der Waals surface area contributed by atoms with Gasteiger partial charge in [-0.05, 0) is 47.4 Å². The predicted octanol–water partition coefficient (Wildman–Crippen LogP) is 4.04. The maximum atomic E-state index is 10.7. The summed E-state index contributed by atoms with van der Waals surface area (Å²) >= 11 is 0. The second kappa shape index (κ2) is 8.03. The molecule has 5 nitrogen and oxygen atoms in total. The fraction of sp³-hybridized carbons (Fsp3) is 0.100. The summed E-state index contributed by atoms with van der Waals surface area (Å²) in [5.74, 6) is 0.871. The first kappa shape index (κ1) is 18.0. The standard InChI is InChI=1S/C20H18O5S/c21-26(22,23)25-20-12-8-17(9-13-20)14-16-6-10-19(11-7-16)24-15-18-4-2-1-3-5-18/h1-13H,14-15H2,(H,21,22,23). The van der Waals surface area contributed by atoms with E-state index in [1.165, 1.54) is 12.1 Å². The maximum Gasteiger partial charge on any atom is 0.446 e. The highest BCUT2D eigenvalue weighted by Crippen LogP contribution is 2.19. The monoisotopic (exact) mass is 370 g/mol. The Labute approximate surface area is 152 Å². The molecular weight excluding hydrogens is 352 g/mol. The van der Waals surface area contributed by atoms with Crippen molar-refractivity contribution < 1.29 is 21.9 Å². The average Bonchev–Trinajstić information content (AvgIpc) is 2.62. The lowest BCUT2D eigenvalue weighted by Gasteiger charge is -2.08. The van der Waals surface area contributed by atoms with E-state index in [0.29, 0.717) is 13.0 Å². The minimum Gasteiger partial charge on any atom is -0.489 e. The molecule has 134 valence electrons. The smallest absolute Gasteiger partial charge is 0.446 e. The van der Waals surface area contributed by atoms with Gasteiger partial charge in [-0.2, -0.15) is 8.42 Å². The van der Waals surface area contributed by atoms with Crippen LogP contribution in [0, 0.1) is 0 Å². The number of hydrogen-bond acceptors (Lipinski definition) is 4. The highest BCUT2D eigenvalue weighted by molar-refractivity contribution is 7.81. The molecule has 3 aromatic carbocycles. The Balaban J connectivity index is 1.57. The zero-order valence-electron chi connectivity index (χ0n) is 13.9. The fourth-order valence-electron chi connectivity index (χ4n) is 2.46. The van der Waals surface area contributed by atoms with Crippen molar-refractivity contribution in [3.8, 4) is 11.5 Å². The van der Waals surface area contributed by atoms with Crippen molar-refractivity contribution in [1.82, 2.24) is 0 Å². The molecule has 0 saturated carbocycles. The van der Waals surface area contributed by atoms with E-state index in [0.717, 1.165) is 22.4 Å². The first-order valence-electron chi connectivity index (χ1n) is 7.99. The van der Waals surface area contributed by atoms with Crippen LogP contribution in [0.3, 0.4) is 0 Å². The lowest BCUT2D eigenvalue weighted by atomic mass is 10.0. The number of ether oxygens (including phenoxy) is 1. The number of hydrogen-bond donors (Lipinski definition) is 1. The highest BCUT2D eigenvalue weighted by Gasteiger charge is 2.06. The van der Waals surface area contributed by atoms with Crippen LogP contribution in [0.4, 0.5) is 0 Å². The summed E-state index contributed by atoms with van der Waals surface area (Å²) in [5.41, 5.74) is 3.20. The Hall–Kier alpha value is -2.83. The summed E-state index contributed by atoms with van der Waals surface area (Å²) in [6, 6.07) is 24.3. The molecule has 6 heteroatoms. The lowest BCUT2D eigenvalue weighted by Crippen LogP contribution is -2.06. The molecule has 3 rings (SSSR count). The molecule has 0 radical (unpaired) electrons. The summed E-state index contributed by atoms with van der Waals surface area (Å²) < 4.78 is 40.2. The van der Waals surface area contributed by atoms with Crippen LogP contribution in [0.2, 0.25) is 0 Å². The molecule has 0 atom stereocenters. The molecule has 3 aromatic rings. The Morgan fingerprint density at radius 1 is 0.692 bits per heavy atom. The molecule has 0 aliphatic rings. The van der Waals surface area contributed by atoms with Crippen molar-refractivity contribution in [1.29, 1.82) is 0 Å². The van der Waals surface area contributed by atoms with Gasteiger partial charge in [-0.1, -0.05) is 54.6 Å². The van der Waals surface area contributed by atoms with Gasteiger partial charge in [0, 0.05) is 0 Å². The summed E-state index contributed by atoms with van der Waals surface area (Å²) in [4.78, 5) is 0. The Morgan fingerprint density at radius 2 is 1.23 bits per heavy atom. The van der Waals surface area contributed by atoms with Crippen LogP contribution in [0.5, 0.6) is 11.5 Å². The van der Waals surface area contributed by atoms with Crippen LogP contribution in [0.25, 0.3) is 0 Å². The highest BCUT2D eigenvalue weighted by atomic mass is 32.3. The van der Waals surface area contributed by atoms with Gasteiger partial charge in [-0.25, -0.2) is 0 Å². The van der Waals surface area contributed by atoms with Gasteiger partial charge in [0.15, 0.2) is 0 Å². The molecule has 0 saturated heterocycles. The Kier molecular flexibility index (Phi) is 5.55. The van der Waals surface area contributed by atoms with Crippen LogP contribution in [0.15, 0.2) is 78.9 Å². The molecule has 0 aliphatic carbocycles. The lowest BCUT2D eigenvalue weighted by molar-refractivity contribution is 0.306. The Bertz CT molecular complexity index is 934. The summed E-state index contributed by atoms with van der Waals surface area (Å²) in [7, 11) is -4.49. The second-order valence-corrected chi connectivity index (χ2v) is 6.77. The third-order valence-electron chi connectivity index (χ3n) is 3.70. The molecule has 0 fully saturated rings. The van der Waals surface area contributed by atoms with E-state index in [2.05, 4.69) is 4.18 Å². The largest absolute Gasteiger partial charge is 0.489 e. The second-order valence-electron chi connectivity index (χ2n) is 5.75. The SMILES string of the molecule is O=S(=O)(O)Oc1ccc(Cc2ccc(OCc3ccccc3)cc2)cc1. The van der Waals surface area contributed by atoms with Crippen LogP contribution in [-0.2, 0) is 23.4 Å². The van der Waals surface area contributed by atoms with Crippen LogP contribution >= 0.6 is 0 Å². The van der Waals surface area contributed by atoms with Gasteiger partial charge in [0.2, 0.25) is 0 Å². The molecule has 0 unspecified atom stereocenters. The number of benzene rings is 3. The van der Waals surface area contributed by atoms with E-state index in [-0.39, 0.29) is 5.75 Å². The number of rotatable bonds is 7. The average molecular weight is 370 g/mol. The topological polar surface area (TPSA) is 72.8 Å². The van der Waals surface area contributed by atoms with Gasteiger partial charge >= 0.3 is 10.4 Å². The molecule has 1 N–H and O–H groups in total. The Morgan fingerprint density at radius 3 is 1.77 bits per heavy atom. The van der Waals surface area contributed by atoms with Crippen LogP contribution < -0.4 is 8.92 Å². The van der Waals surface area contributed by atoms with E-state index < -0.39 is 10.4 Å². The van der Waals surface area contributed by atoms with E-state index in [1.807, 2.05) is 54.6 Å². The van der Waals surface area contributed by atoms with Crippen LogP contribution in [0.1, 0.15) is 16.7 Å². The normalized spacial score (nSPS) is 11.1. The minimum absolute atomic E-state index is 0.0703. The fourth-order valence-corrected chi connectivity index (χ4v) is 2.82. The molecule has 0 aliphatic heterocycles. The molecular formula is C20H18O5S. The summed E-state index contributed by atoms with van der Waals surface area (Å²) in [6.45, 7) is 0.523. The zero-order chi connectivity index (χ0) is 18.4. The molecule has 0 amide bonds. The van der Waals surface area contributed by atoms with Crippen molar-refractivity contribution in [2.75, 3.05) is 0 Å². The molecule has 0 heterocycles. The van der Waals surface area contributed by atoms with E-state index >= 15 is 0 Å². The van der Waals surface area contributed by atoms with E-state index in [9.17, 15) is 8.42 Å². The van der Waals surface area contributed by atoms with Crippen molar-refractivity contribution in [2.24, 2.45) is 0 Å². The van der Waals surface area contributed by atoms with Gasteiger partial charge in [0.25, 0.3) is 0 Å². The first-order chi connectivity index (χ1) is 12.5. The minimum atomic E-state index is -4.49. The van der Waals surface area contributed by atoms with E-state index in [1.54, 1.807) is 12.1 Å². The van der Waals surface area contributed by atoms with Crippen LogP contribution in [-0.4, -0.2) is 13.0 Å². The third-order valence-corrected chi connectivity index (χ3v) is 4.11. The van der Waals surface area contributed by atoms with Crippen molar-refractivity contribution in [2.45, 2.75) is 13.0 Å². The van der Waals surface area contributed by atoms with Crippen molar-refractivity contribution >= 4 is 10.4 Å². The van der Waals surface area contributed by atoms with Gasteiger partial charge in [0.1, 0.15) is 18.1 Å². The van der Waals surface area contributed by atoms with Gasteiger partial charge in [-0.15, -0.1) is 0 Å². The summed E-state index contributed by atoms with van der Waals surface area (Å²) in [6.07, 6.45) is 0.686.